The summed E-state index contributed by atoms with van der Waals surface area (Å²) >= 11 is 0. The van der Waals surface area contributed by atoms with Gasteiger partial charge in [0.2, 0.25) is 11.8 Å². The maximum Gasteiger partial charge on any atom is 0.223 e. The van der Waals surface area contributed by atoms with Crippen LogP contribution in [0.5, 0.6) is 0 Å². The molecule has 0 heterocycles. The third-order valence-corrected chi connectivity index (χ3v) is 0.962. The van der Waals surface area contributed by atoms with Crippen LogP contribution in [0.4, 0.5) is 0 Å². The largest absolute Gasteiger partial charge is 0.396 e. The quantitative estimate of drug-likeness (QED) is 0.441. The molecule has 0 aliphatic heterocycles. The molecule has 5 nitrogen and oxygen atoms in total. The number of hydrogen-bond acceptors (Lipinski definition) is 3. The van der Waals surface area contributed by atoms with Crippen molar-refractivity contribution in [3.05, 3.63) is 0 Å². The fraction of sp³-hybridized carbons (Fsp3) is 0.667. The third-order valence-electron chi connectivity index (χ3n) is 0.962. The number of hydrogen-bond donors (Lipinski definition) is 3. The average molecular weight is 160 g/mol. The van der Waals surface area contributed by atoms with E-state index < -0.39 is 0 Å². The second kappa shape index (κ2) is 5.67. The standard InChI is InChI=1S/C6H12N2O3/c1-5(10)7-4-8-6(11)2-3-9/h9H,2-4H2,1H3,(H,7,10)(H,8,11). The van der Waals surface area contributed by atoms with Crippen LogP contribution in [0.2, 0.25) is 0 Å². The van der Waals surface area contributed by atoms with Crippen molar-refractivity contribution in [2.24, 2.45) is 0 Å². The summed E-state index contributed by atoms with van der Waals surface area (Å²) in [7, 11) is 0. The van der Waals surface area contributed by atoms with Crippen LogP contribution in [0.15, 0.2) is 0 Å². The van der Waals surface area contributed by atoms with Gasteiger partial charge >= 0.3 is 0 Å². The number of nitrogens with one attached hydrogen (secondary N) is 2. The van der Waals surface area contributed by atoms with Gasteiger partial charge in [0.15, 0.2) is 0 Å². The number of aliphatic hydroxyl groups is 1. The minimum absolute atomic E-state index is 0.0690. The maximum atomic E-state index is 10.6. The molecule has 11 heavy (non-hydrogen) atoms. The molecule has 0 bridgehead atoms. The van der Waals surface area contributed by atoms with Gasteiger partial charge in [0, 0.05) is 13.3 Å². The molecule has 0 atom stereocenters. The molecule has 3 N–H and O–H groups in total. The van der Waals surface area contributed by atoms with Crippen molar-refractivity contribution in [3.8, 4) is 0 Å². The van der Waals surface area contributed by atoms with Crippen LogP contribution in [0, 0.1) is 0 Å². The molecule has 0 radical (unpaired) electrons. The van der Waals surface area contributed by atoms with Gasteiger partial charge in [-0.2, -0.15) is 0 Å². The van der Waals surface area contributed by atoms with Gasteiger partial charge in [-0.05, 0) is 0 Å². The number of carbonyl (C=O) groups excluding carboxylic acids is 2. The first-order valence-corrected chi connectivity index (χ1v) is 3.29. The summed E-state index contributed by atoms with van der Waals surface area (Å²) in [4.78, 5) is 20.9. The van der Waals surface area contributed by atoms with E-state index in [4.69, 9.17) is 5.11 Å². The minimum atomic E-state index is -0.277. The Hall–Kier alpha value is -1.10. The van der Waals surface area contributed by atoms with Crippen molar-refractivity contribution in [2.45, 2.75) is 13.3 Å². The first kappa shape index (κ1) is 9.90. The van der Waals surface area contributed by atoms with Crippen molar-refractivity contribution >= 4 is 11.8 Å². The van der Waals surface area contributed by atoms with Gasteiger partial charge in [-0.15, -0.1) is 0 Å². The molecular formula is C6H12N2O3. The molecule has 0 rings (SSSR count). The lowest BCUT2D eigenvalue weighted by molar-refractivity contribution is -0.122. The van der Waals surface area contributed by atoms with Gasteiger partial charge in [0.25, 0.3) is 0 Å². The van der Waals surface area contributed by atoms with Crippen LogP contribution >= 0.6 is 0 Å². The summed E-state index contributed by atoms with van der Waals surface area (Å²) in [5.74, 6) is -0.476. The van der Waals surface area contributed by atoms with Crippen LogP contribution in [-0.2, 0) is 9.59 Å². The van der Waals surface area contributed by atoms with Gasteiger partial charge in [-0.25, -0.2) is 0 Å². The zero-order valence-corrected chi connectivity index (χ0v) is 6.39. The smallest absolute Gasteiger partial charge is 0.223 e. The SMILES string of the molecule is CC(=O)NCNC(=O)CCO. The summed E-state index contributed by atoms with van der Waals surface area (Å²) in [5, 5.41) is 13.1. The molecule has 0 aliphatic rings. The highest BCUT2D eigenvalue weighted by Gasteiger charge is 1.97. The predicted octanol–water partition coefficient (Wildman–Crippen LogP) is -1.42. The highest BCUT2D eigenvalue weighted by Crippen LogP contribution is 1.73. The fourth-order valence-electron chi connectivity index (χ4n) is 0.457. The molecule has 0 aromatic rings. The lowest BCUT2D eigenvalue weighted by Crippen LogP contribution is -2.36. The first-order chi connectivity index (χ1) is 5.16. The maximum absolute atomic E-state index is 10.6. The molecule has 0 fully saturated rings. The highest BCUT2D eigenvalue weighted by molar-refractivity contribution is 5.77. The lowest BCUT2D eigenvalue weighted by atomic mass is 10.4. The van der Waals surface area contributed by atoms with Crippen LogP contribution in [0.1, 0.15) is 13.3 Å². The molecular weight excluding hydrogens is 148 g/mol. The Morgan fingerprint density at radius 3 is 2.45 bits per heavy atom. The normalized spacial score (nSPS) is 8.91. The predicted molar refractivity (Wildman–Crippen MR) is 38.5 cm³/mol. The Morgan fingerprint density at radius 2 is 2.00 bits per heavy atom. The highest BCUT2D eigenvalue weighted by atomic mass is 16.3. The molecule has 2 amide bonds. The molecule has 64 valence electrons. The van der Waals surface area contributed by atoms with Gasteiger partial charge in [-0.3, -0.25) is 9.59 Å². The Morgan fingerprint density at radius 1 is 1.36 bits per heavy atom. The van der Waals surface area contributed by atoms with E-state index in [1.54, 1.807) is 0 Å². The van der Waals surface area contributed by atoms with Crippen LogP contribution < -0.4 is 10.6 Å². The Kier molecular flexibility index (Phi) is 5.10. The molecule has 0 unspecified atom stereocenters. The van der Waals surface area contributed by atoms with Crippen LogP contribution in [-0.4, -0.2) is 30.2 Å². The van der Waals surface area contributed by atoms with Crippen molar-refractivity contribution in [1.29, 1.82) is 0 Å². The monoisotopic (exact) mass is 160 g/mol. The first-order valence-electron chi connectivity index (χ1n) is 3.29. The van der Waals surface area contributed by atoms with E-state index in [0.29, 0.717) is 0 Å². The van der Waals surface area contributed by atoms with Crippen molar-refractivity contribution in [2.75, 3.05) is 13.3 Å². The zero-order chi connectivity index (χ0) is 8.69. The summed E-state index contributed by atoms with van der Waals surface area (Å²) in [6.45, 7) is 1.30. The second-order valence-corrected chi connectivity index (χ2v) is 1.98. The van der Waals surface area contributed by atoms with E-state index in [0.717, 1.165) is 0 Å². The van der Waals surface area contributed by atoms with E-state index in [2.05, 4.69) is 10.6 Å². The Labute approximate surface area is 64.8 Å². The fourth-order valence-corrected chi connectivity index (χ4v) is 0.457. The average Bonchev–Trinajstić information content (AvgIpc) is 1.87. The van der Waals surface area contributed by atoms with Gasteiger partial charge in [-0.1, -0.05) is 0 Å². The molecule has 0 aromatic carbocycles. The number of rotatable bonds is 4. The third kappa shape index (κ3) is 6.79. The van der Waals surface area contributed by atoms with E-state index in [9.17, 15) is 9.59 Å². The summed E-state index contributed by atoms with van der Waals surface area (Å²) in [6.07, 6.45) is 0.0690. The van der Waals surface area contributed by atoms with Crippen molar-refractivity contribution < 1.29 is 14.7 Å². The van der Waals surface area contributed by atoms with Gasteiger partial charge in [0.05, 0.1) is 13.3 Å². The molecule has 0 spiro atoms. The van der Waals surface area contributed by atoms with E-state index >= 15 is 0 Å². The van der Waals surface area contributed by atoms with Gasteiger partial charge in [0.1, 0.15) is 0 Å². The zero-order valence-electron chi connectivity index (χ0n) is 6.39. The van der Waals surface area contributed by atoms with Crippen LogP contribution in [0.25, 0.3) is 0 Å². The van der Waals surface area contributed by atoms with Crippen LogP contribution in [0.3, 0.4) is 0 Å². The van der Waals surface area contributed by atoms with Crippen molar-refractivity contribution in [3.63, 3.8) is 0 Å². The molecule has 0 saturated carbocycles. The Bertz CT molecular complexity index is 147. The molecule has 0 aromatic heterocycles. The van der Waals surface area contributed by atoms with Crippen molar-refractivity contribution in [1.82, 2.24) is 10.6 Å². The lowest BCUT2D eigenvalue weighted by Gasteiger charge is -2.03. The number of aliphatic hydroxyl groups excluding tert-OH is 1. The summed E-state index contributed by atoms with van der Waals surface area (Å²) < 4.78 is 0. The molecule has 0 aliphatic carbocycles. The minimum Gasteiger partial charge on any atom is -0.396 e. The Balaban J connectivity index is 3.24. The molecule has 0 saturated heterocycles. The number of amides is 2. The van der Waals surface area contributed by atoms with E-state index in [1.165, 1.54) is 6.92 Å². The molecule has 5 heteroatoms. The number of carbonyl (C=O) groups is 2. The summed E-state index contributed by atoms with van der Waals surface area (Å²) in [6, 6.07) is 0. The van der Waals surface area contributed by atoms with E-state index in [-0.39, 0.29) is 31.5 Å². The summed E-state index contributed by atoms with van der Waals surface area (Å²) in [5.41, 5.74) is 0. The topological polar surface area (TPSA) is 78.4 Å². The second-order valence-electron chi connectivity index (χ2n) is 1.98. The van der Waals surface area contributed by atoms with Gasteiger partial charge < -0.3 is 15.7 Å². The van der Waals surface area contributed by atoms with E-state index in [1.807, 2.05) is 0 Å².